The molecule has 0 aliphatic rings. The summed E-state index contributed by atoms with van der Waals surface area (Å²) in [5.41, 5.74) is 11.4. The average Bonchev–Trinajstić information content (AvgIpc) is 2.94. The number of hydrogen-bond acceptors (Lipinski definition) is 3. The van der Waals surface area contributed by atoms with E-state index in [1.807, 2.05) is 7.05 Å². The van der Waals surface area contributed by atoms with Gasteiger partial charge in [-0.3, -0.25) is 0 Å². The van der Waals surface area contributed by atoms with Crippen LogP contribution in [0.2, 0.25) is 0 Å². The second-order valence-electron chi connectivity index (χ2n) is 13.3. The van der Waals surface area contributed by atoms with Crippen LogP contribution in [-0.4, -0.2) is 18.7 Å². The van der Waals surface area contributed by atoms with Gasteiger partial charge in [-0.1, -0.05) is 93.6 Å². The van der Waals surface area contributed by atoms with Crippen LogP contribution in [0.25, 0.3) is 27.8 Å². The highest BCUT2D eigenvalue weighted by molar-refractivity contribution is 5.85. The molecule has 0 aromatic heterocycles. The molecular formula is C39H48N2O. The standard InChI is InChI=1S/C39H48N2O/c1-26-16-14-15-19-35(26)41-28(3)36(27(2)40-10)31-22-20-30(21-23-31)34-25-32(38(4,5)6)24-33(29-17-12-11-13-18-29)37(34)42-39(7,8)9/h11-25,27,40-41H,1-10H3. The van der Waals surface area contributed by atoms with E-state index in [0.717, 1.165) is 39.4 Å². The van der Waals surface area contributed by atoms with Gasteiger partial charge in [-0.15, -0.1) is 0 Å². The van der Waals surface area contributed by atoms with Gasteiger partial charge >= 0.3 is 0 Å². The van der Waals surface area contributed by atoms with E-state index in [-0.39, 0.29) is 17.1 Å². The Morgan fingerprint density at radius 1 is 0.738 bits per heavy atom. The molecule has 0 aliphatic carbocycles. The summed E-state index contributed by atoms with van der Waals surface area (Å²) >= 11 is 0. The van der Waals surface area contributed by atoms with Gasteiger partial charge in [0.25, 0.3) is 0 Å². The van der Waals surface area contributed by atoms with Gasteiger partial charge < -0.3 is 15.4 Å². The lowest BCUT2D eigenvalue weighted by molar-refractivity contribution is 0.132. The maximum atomic E-state index is 6.76. The number of nitrogens with one attached hydrogen (secondary N) is 2. The number of rotatable bonds is 8. The van der Waals surface area contributed by atoms with Gasteiger partial charge in [-0.25, -0.2) is 0 Å². The minimum atomic E-state index is -0.349. The third-order valence-electron chi connectivity index (χ3n) is 7.69. The zero-order valence-corrected chi connectivity index (χ0v) is 27.1. The summed E-state index contributed by atoms with van der Waals surface area (Å²) in [5, 5.41) is 7.13. The molecule has 42 heavy (non-hydrogen) atoms. The van der Waals surface area contributed by atoms with Gasteiger partial charge in [0.05, 0.1) is 0 Å². The monoisotopic (exact) mass is 560 g/mol. The fourth-order valence-corrected chi connectivity index (χ4v) is 5.27. The van der Waals surface area contributed by atoms with Crippen molar-refractivity contribution >= 4 is 11.3 Å². The van der Waals surface area contributed by atoms with Crippen molar-refractivity contribution in [2.24, 2.45) is 0 Å². The highest BCUT2D eigenvalue weighted by Crippen LogP contribution is 2.44. The van der Waals surface area contributed by atoms with Crippen LogP contribution < -0.4 is 15.4 Å². The van der Waals surface area contributed by atoms with Crippen LogP contribution in [-0.2, 0) is 5.41 Å². The summed E-state index contributed by atoms with van der Waals surface area (Å²) in [6, 6.07) is 32.8. The first-order chi connectivity index (χ1) is 19.8. The Kier molecular flexibility index (Phi) is 9.33. The van der Waals surface area contributed by atoms with E-state index in [2.05, 4.69) is 164 Å². The topological polar surface area (TPSA) is 33.3 Å². The summed E-state index contributed by atoms with van der Waals surface area (Å²) in [6.07, 6.45) is 0. The van der Waals surface area contributed by atoms with Crippen LogP contribution in [0.15, 0.2) is 96.7 Å². The van der Waals surface area contributed by atoms with Gasteiger partial charge in [0.2, 0.25) is 0 Å². The minimum absolute atomic E-state index is 0.0189. The lowest BCUT2D eigenvalue weighted by Gasteiger charge is -2.29. The predicted octanol–water partition coefficient (Wildman–Crippen LogP) is 10.3. The van der Waals surface area contributed by atoms with Crippen molar-refractivity contribution < 1.29 is 4.74 Å². The minimum Gasteiger partial charge on any atom is -0.487 e. The van der Waals surface area contributed by atoms with Crippen molar-refractivity contribution in [1.82, 2.24) is 5.32 Å². The SMILES string of the molecule is CNC(C)C(=C(C)Nc1ccccc1C)c1ccc(-c2cc(C(C)(C)C)cc(-c3ccccc3)c2OC(C)(C)C)cc1. The molecule has 4 rings (SSSR count). The number of ether oxygens (including phenoxy) is 1. The van der Waals surface area contributed by atoms with Crippen LogP contribution in [0.1, 0.15) is 72.1 Å². The lowest BCUT2D eigenvalue weighted by atomic mass is 9.82. The van der Waals surface area contributed by atoms with Crippen molar-refractivity contribution in [2.75, 3.05) is 12.4 Å². The quantitative estimate of drug-likeness (QED) is 0.225. The molecule has 2 N–H and O–H groups in total. The zero-order valence-electron chi connectivity index (χ0n) is 27.1. The van der Waals surface area contributed by atoms with Crippen molar-refractivity contribution in [3.63, 3.8) is 0 Å². The number of aryl methyl sites for hydroxylation is 1. The first-order valence-electron chi connectivity index (χ1n) is 15.0. The van der Waals surface area contributed by atoms with Crippen LogP contribution in [0.3, 0.4) is 0 Å². The van der Waals surface area contributed by atoms with Crippen molar-refractivity contribution in [3.8, 4) is 28.0 Å². The summed E-state index contributed by atoms with van der Waals surface area (Å²) in [4.78, 5) is 0. The number of likely N-dealkylation sites (N-methyl/N-ethyl adjacent to an activating group) is 1. The van der Waals surface area contributed by atoms with Gasteiger partial charge in [0, 0.05) is 28.6 Å². The molecule has 0 saturated heterocycles. The van der Waals surface area contributed by atoms with Crippen LogP contribution >= 0.6 is 0 Å². The zero-order chi connectivity index (χ0) is 30.7. The smallest absolute Gasteiger partial charge is 0.135 e. The third-order valence-corrected chi connectivity index (χ3v) is 7.69. The lowest BCUT2D eigenvalue weighted by Crippen LogP contribution is -2.25. The molecule has 0 spiro atoms. The van der Waals surface area contributed by atoms with E-state index in [0.29, 0.717) is 0 Å². The maximum absolute atomic E-state index is 6.76. The second kappa shape index (κ2) is 12.6. The highest BCUT2D eigenvalue weighted by atomic mass is 16.5. The summed E-state index contributed by atoms with van der Waals surface area (Å²) in [5.74, 6) is 0.922. The van der Waals surface area contributed by atoms with E-state index in [1.54, 1.807) is 0 Å². The van der Waals surface area contributed by atoms with E-state index >= 15 is 0 Å². The molecule has 0 fully saturated rings. The fraction of sp³-hybridized carbons (Fsp3) is 0.333. The molecule has 0 bridgehead atoms. The van der Waals surface area contributed by atoms with Crippen molar-refractivity contribution in [3.05, 3.63) is 113 Å². The Hall–Kier alpha value is -3.82. The van der Waals surface area contributed by atoms with Gasteiger partial charge in [-0.2, -0.15) is 0 Å². The Bertz CT molecular complexity index is 1530. The summed E-state index contributed by atoms with van der Waals surface area (Å²) < 4.78 is 6.76. The number of allylic oxidation sites excluding steroid dienone is 1. The van der Waals surface area contributed by atoms with Crippen molar-refractivity contribution in [2.45, 2.75) is 79.4 Å². The first kappa shape index (κ1) is 31.1. The molecule has 0 saturated carbocycles. The van der Waals surface area contributed by atoms with E-state index < -0.39 is 0 Å². The molecule has 0 aliphatic heterocycles. The summed E-state index contributed by atoms with van der Waals surface area (Å²) in [7, 11) is 2.01. The Balaban J connectivity index is 1.88. The fourth-order valence-electron chi connectivity index (χ4n) is 5.27. The van der Waals surface area contributed by atoms with Gasteiger partial charge in [-0.05, 0) is 106 Å². The molecule has 1 unspecified atom stereocenters. The van der Waals surface area contributed by atoms with Gasteiger partial charge in [0.1, 0.15) is 11.4 Å². The van der Waals surface area contributed by atoms with Crippen LogP contribution in [0.4, 0.5) is 5.69 Å². The van der Waals surface area contributed by atoms with E-state index in [9.17, 15) is 0 Å². The van der Waals surface area contributed by atoms with E-state index in [1.165, 1.54) is 22.3 Å². The molecule has 220 valence electrons. The maximum Gasteiger partial charge on any atom is 0.135 e. The molecule has 0 radical (unpaired) electrons. The Morgan fingerprint density at radius 3 is 1.81 bits per heavy atom. The molecule has 3 heteroatoms. The molecule has 4 aromatic carbocycles. The molecule has 1 atom stereocenters. The molecule has 4 aromatic rings. The second-order valence-corrected chi connectivity index (χ2v) is 13.3. The number of para-hydroxylation sites is 1. The largest absolute Gasteiger partial charge is 0.487 e. The number of hydrogen-bond donors (Lipinski definition) is 2. The average molecular weight is 561 g/mol. The Morgan fingerprint density at radius 2 is 1.29 bits per heavy atom. The predicted molar refractivity (Wildman–Crippen MR) is 182 cm³/mol. The number of benzene rings is 4. The number of anilines is 1. The highest BCUT2D eigenvalue weighted by Gasteiger charge is 2.25. The summed E-state index contributed by atoms with van der Waals surface area (Å²) in [6.45, 7) is 19.7. The molecular weight excluding hydrogens is 512 g/mol. The van der Waals surface area contributed by atoms with Gasteiger partial charge in [0.15, 0.2) is 0 Å². The first-order valence-corrected chi connectivity index (χ1v) is 15.0. The normalized spacial score (nSPS) is 13.4. The molecule has 0 heterocycles. The van der Waals surface area contributed by atoms with Crippen LogP contribution in [0, 0.1) is 6.92 Å². The van der Waals surface area contributed by atoms with E-state index in [4.69, 9.17) is 4.74 Å². The third kappa shape index (κ3) is 7.33. The van der Waals surface area contributed by atoms with Crippen molar-refractivity contribution in [1.29, 1.82) is 0 Å². The molecule has 0 amide bonds. The Labute approximate surface area is 254 Å². The van der Waals surface area contributed by atoms with Crippen LogP contribution in [0.5, 0.6) is 5.75 Å². The molecule has 3 nitrogen and oxygen atoms in total.